The van der Waals surface area contributed by atoms with Crippen molar-refractivity contribution in [2.24, 2.45) is 0 Å². The van der Waals surface area contributed by atoms with E-state index in [1.165, 1.54) is 17.8 Å². The van der Waals surface area contributed by atoms with Crippen LogP contribution in [0.2, 0.25) is 0 Å². The molecule has 1 amide bonds. The van der Waals surface area contributed by atoms with E-state index in [1.54, 1.807) is 30.3 Å². The van der Waals surface area contributed by atoms with E-state index in [0.29, 0.717) is 20.7 Å². The van der Waals surface area contributed by atoms with Gasteiger partial charge in [-0.15, -0.1) is 0 Å². The fourth-order valence-electron chi connectivity index (χ4n) is 2.20. The Morgan fingerprint density at radius 2 is 2.13 bits per heavy atom. The van der Waals surface area contributed by atoms with Crippen LogP contribution in [0.25, 0.3) is 17.4 Å². The highest BCUT2D eigenvalue weighted by Gasteiger charge is 2.22. The SMILES string of the molecule is Cc1cc(C(=O)O)ccc1-c1ccc(/C=C2\SC(=S)NC2=O)o1. The number of carboxylic acid groups (broad SMARTS) is 1. The van der Waals surface area contributed by atoms with Crippen molar-refractivity contribution in [3.8, 4) is 11.3 Å². The van der Waals surface area contributed by atoms with Gasteiger partial charge in [0.2, 0.25) is 0 Å². The molecular weight excluding hydrogens is 334 g/mol. The zero-order chi connectivity index (χ0) is 16.6. The van der Waals surface area contributed by atoms with Crippen molar-refractivity contribution >= 4 is 46.3 Å². The highest BCUT2D eigenvalue weighted by molar-refractivity contribution is 8.26. The molecule has 1 aromatic carbocycles. The lowest BCUT2D eigenvalue weighted by Gasteiger charge is -2.04. The van der Waals surface area contributed by atoms with Crippen LogP contribution in [-0.2, 0) is 4.79 Å². The summed E-state index contributed by atoms with van der Waals surface area (Å²) in [6.45, 7) is 1.82. The van der Waals surface area contributed by atoms with Crippen molar-refractivity contribution < 1.29 is 19.1 Å². The number of furan rings is 1. The summed E-state index contributed by atoms with van der Waals surface area (Å²) in [6, 6.07) is 8.37. The summed E-state index contributed by atoms with van der Waals surface area (Å²) in [4.78, 5) is 23.1. The lowest BCUT2D eigenvalue weighted by atomic mass is 10.0. The number of carbonyl (C=O) groups excluding carboxylic acids is 1. The third-order valence-electron chi connectivity index (χ3n) is 3.28. The highest BCUT2D eigenvalue weighted by Crippen LogP contribution is 2.30. The van der Waals surface area contributed by atoms with Crippen LogP contribution in [0.4, 0.5) is 0 Å². The van der Waals surface area contributed by atoms with Gasteiger partial charge in [0.25, 0.3) is 5.91 Å². The highest BCUT2D eigenvalue weighted by atomic mass is 32.2. The Hall–Kier alpha value is -2.38. The predicted molar refractivity (Wildman–Crippen MR) is 92.1 cm³/mol. The molecule has 5 nitrogen and oxygen atoms in total. The number of rotatable bonds is 3. The van der Waals surface area contributed by atoms with Crippen molar-refractivity contribution in [2.75, 3.05) is 0 Å². The monoisotopic (exact) mass is 345 g/mol. The second-order valence-corrected chi connectivity index (χ2v) is 6.61. The van der Waals surface area contributed by atoms with Gasteiger partial charge in [-0.1, -0.05) is 30.0 Å². The molecule has 7 heteroatoms. The first kappa shape index (κ1) is 15.5. The molecule has 0 bridgehead atoms. The molecule has 1 aromatic heterocycles. The van der Waals surface area contributed by atoms with Crippen molar-refractivity contribution in [1.82, 2.24) is 5.32 Å². The number of thiocarbonyl (C=S) groups is 1. The summed E-state index contributed by atoms with van der Waals surface area (Å²) in [5, 5.41) is 11.5. The first-order valence-electron chi connectivity index (χ1n) is 6.63. The van der Waals surface area contributed by atoms with Crippen LogP contribution in [0.1, 0.15) is 21.7 Å². The average molecular weight is 345 g/mol. The molecule has 1 aliphatic heterocycles. The number of nitrogens with one attached hydrogen (secondary N) is 1. The van der Waals surface area contributed by atoms with Gasteiger partial charge in [-0.25, -0.2) is 4.79 Å². The molecule has 0 spiro atoms. The molecule has 2 heterocycles. The van der Waals surface area contributed by atoms with Crippen molar-refractivity contribution in [3.05, 3.63) is 52.1 Å². The number of amides is 1. The molecule has 0 atom stereocenters. The van der Waals surface area contributed by atoms with E-state index in [9.17, 15) is 9.59 Å². The van der Waals surface area contributed by atoms with Crippen LogP contribution >= 0.6 is 24.0 Å². The number of thioether (sulfide) groups is 1. The lowest BCUT2D eigenvalue weighted by Crippen LogP contribution is -2.17. The smallest absolute Gasteiger partial charge is 0.335 e. The van der Waals surface area contributed by atoms with E-state index < -0.39 is 5.97 Å². The molecule has 0 aliphatic carbocycles. The zero-order valence-electron chi connectivity index (χ0n) is 12.0. The average Bonchev–Trinajstić information content (AvgIpc) is 3.06. The number of carbonyl (C=O) groups is 2. The Bertz CT molecular complexity index is 867. The van der Waals surface area contributed by atoms with Crippen molar-refractivity contribution in [1.29, 1.82) is 0 Å². The van der Waals surface area contributed by atoms with Gasteiger partial charge < -0.3 is 14.8 Å². The molecule has 2 N–H and O–H groups in total. The molecule has 0 radical (unpaired) electrons. The molecule has 23 heavy (non-hydrogen) atoms. The minimum absolute atomic E-state index is 0.229. The topological polar surface area (TPSA) is 79.5 Å². The predicted octanol–water partition coefficient (Wildman–Crippen LogP) is 3.44. The maximum absolute atomic E-state index is 11.6. The second kappa shape index (κ2) is 6.02. The summed E-state index contributed by atoms with van der Waals surface area (Å²) in [6.07, 6.45) is 1.63. The van der Waals surface area contributed by atoms with Crippen LogP contribution in [-0.4, -0.2) is 21.3 Å². The van der Waals surface area contributed by atoms with Gasteiger partial charge in [0.05, 0.1) is 10.5 Å². The van der Waals surface area contributed by atoms with Crippen LogP contribution in [0, 0.1) is 6.92 Å². The van der Waals surface area contributed by atoms with Crippen LogP contribution in [0.15, 0.2) is 39.7 Å². The quantitative estimate of drug-likeness (QED) is 0.655. The molecule has 0 saturated carbocycles. The minimum atomic E-state index is -0.968. The maximum Gasteiger partial charge on any atom is 0.335 e. The number of aromatic carboxylic acids is 1. The maximum atomic E-state index is 11.6. The lowest BCUT2D eigenvalue weighted by molar-refractivity contribution is -0.115. The van der Waals surface area contributed by atoms with Crippen LogP contribution in [0.5, 0.6) is 0 Å². The molecule has 2 aromatic rings. The summed E-state index contributed by atoms with van der Waals surface area (Å²) in [5.74, 6) is -0.0639. The summed E-state index contributed by atoms with van der Waals surface area (Å²) < 4.78 is 6.16. The van der Waals surface area contributed by atoms with Gasteiger partial charge in [0.1, 0.15) is 15.8 Å². The summed E-state index contributed by atoms with van der Waals surface area (Å²) in [7, 11) is 0. The molecule has 3 rings (SSSR count). The van der Waals surface area contributed by atoms with E-state index in [1.807, 2.05) is 6.92 Å². The second-order valence-electron chi connectivity index (χ2n) is 4.89. The molecular formula is C16H11NO4S2. The summed E-state index contributed by atoms with van der Waals surface area (Å²) >= 11 is 6.12. The van der Waals surface area contributed by atoms with Gasteiger partial charge in [-0.05, 0) is 36.8 Å². The first-order valence-corrected chi connectivity index (χ1v) is 7.85. The normalized spacial score (nSPS) is 16.0. The van der Waals surface area contributed by atoms with Gasteiger partial charge in [-0.3, -0.25) is 4.79 Å². The third kappa shape index (κ3) is 3.20. The standard InChI is InChI=1S/C16H11NO4S2/c1-8-6-9(15(19)20)2-4-11(8)12-5-3-10(21-12)7-13-14(18)17-16(22)23-13/h2-7H,1H3,(H,19,20)(H,17,18,22)/b13-7-. The molecule has 1 aliphatic rings. The Kier molecular flexibility index (Phi) is 4.06. The Balaban J connectivity index is 1.91. The summed E-state index contributed by atoms with van der Waals surface area (Å²) in [5.41, 5.74) is 1.83. The van der Waals surface area contributed by atoms with Gasteiger partial charge >= 0.3 is 5.97 Å². The van der Waals surface area contributed by atoms with Crippen LogP contribution in [0.3, 0.4) is 0 Å². The first-order chi connectivity index (χ1) is 10.9. The van der Waals surface area contributed by atoms with Crippen LogP contribution < -0.4 is 5.32 Å². The Morgan fingerprint density at radius 3 is 2.74 bits per heavy atom. The van der Waals surface area contributed by atoms with Gasteiger partial charge in [0.15, 0.2) is 0 Å². The Morgan fingerprint density at radius 1 is 1.35 bits per heavy atom. The van der Waals surface area contributed by atoms with E-state index in [4.69, 9.17) is 21.7 Å². The third-order valence-corrected chi connectivity index (χ3v) is 4.44. The van der Waals surface area contributed by atoms with Crippen molar-refractivity contribution in [3.63, 3.8) is 0 Å². The van der Waals surface area contributed by atoms with E-state index >= 15 is 0 Å². The number of carboxylic acids is 1. The number of hydrogen-bond acceptors (Lipinski definition) is 5. The minimum Gasteiger partial charge on any atom is -0.478 e. The largest absolute Gasteiger partial charge is 0.478 e. The zero-order valence-corrected chi connectivity index (χ0v) is 13.6. The fraction of sp³-hybridized carbons (Fsp3) is 0.0625. The van der Waals surface area contributed by atoms with E-state index in [-0.39, 0.29) is 11.5 Å². The van der Waals surface area contributed by atoms with Crippen molar-refractivity contribution in [2.45, 2.75) is 6.92 Å². The molecule has 1 fully saturated rings. The molecule has 116 valence electrons. The Labute approximate surface area is 141 Å². The number of hydrogen-bond donors (Lipinski definition) is 2. The van der Waals surface area contributed by atoms with Gasteiger partial charge in [-0.2, -0.15) is 0 Å². The van der Waals surface area contributed by atoms with E-state index in [2.05, 4.69) is 5.32 Å². The van der Waals surface area contributed by atoms with Gasteiger partial charge in [0, 0.05) is 11.6 Å². The van der Waals surface area contributed by atoms with E-state index in [0.717, 1.165) is 11.1 Å². The molecule has 0 unspecified atom stereocenters. The number of aryl methyl sites for hydroxylation is 1. The fourth-order valence-corrected chi connectivity index (χ4v) is 3.22. The number of benzene rings is 1. The molecule has 1 saturated heterocycles.